The monoisotopic (exact) mass is 430 g/mol. The maximum absolute atomic E-state index is 13.1. The summed E-state index contributed by atoms with van der Waals surface area (Å²) in [5.74, 6) is -0.0202. The van der Waals surface area contributed by atoms with E-state index in [-0.39, 0.29) is 34.0 Å². The van der Waals surface area contributed by atoms with Gasteiger partial charge in [0, 0.05) is 16.8 Å². The van der Waals surface area contributed by atoms with E-state index in [1.165, 1.54) is 6.07 Å². The smallest absolute Gasteiger partial charge is 0.282 e. The van der Waals surface area contributed by atoms with Crippen molar-refractivity contribution in [2.45, 2.75) is 5.22 Å². The zero-order valence-corrected chi connectivity index (χ0v) is 16.8. The SMILES string of the molecule is O=C(CSc1nnc(-c2ccccc2[N+](=O)[O-])o1)n1c2ccccc2c2ccccc21. The molecule has 2 heterocycles. The molecule has 0 amide bonds. The number of hydrogen-bond acceptors (Lipinski definition) is 7. The van der Waals surface area contributed by atoms with Gasteiger partial charge in [0.15, 0.2) is 0 Å². The Labute approximate surface area is 179 Å². The van der Waals surface area contributed by atoms with E-state index in [0.29, 0.717) is 0 Å². The molecule has 0 spiro atoms. The summed E-state index contributed by atoms with van der Waals surface area (Å²) < 4.78 is 7.27. The van der Waals surface area contributed by atoms with Crippen LogP contribution in [0.15, 0.2) is 82.4 Å². The first-order chi connectivity index (χ1) is 15.1. The molecular formula is C22H14N4O4S. The molecule has 0 aliphatic carbocycles. The normalized spacial score (nSPS) is 11.2. The van der Waals surface area contributed by atoms with Crippen LogP contribution in [0.5, 0.6) is 0 Å². The lowest BCUT2D eigenvalue weighted by Crippen LogP contribution is -2.12. The van der Waals surface area contributed by atoms with Crippen LogP contribution in [0, 0.1) is 10.1 Å². The third-order valence-electron chi connectivity index (χ3n) is 4.89. The lowest BCUT2D eigenvalue weighted by atomic mass is 10.2. The molecule has 0 unspecified atom stereocenters. The predicted molar refractivity (Wildman–Crippen MR) is 117 cm³/mol. The molecular weight excluding hydrogens is 416 g/mol. The lowest BCUT2D eigenvalue weighted by Gasteiger charge is -2.04. The number of hydrogen-bond donors (Lipinski definition) is 0. The molecule has 8 nitrogen and oxygen atoms in total. The van der Waals surface area contributed by atoms with Crippen molar-refractivity contribution >= 4 is 45.2 Å². The van der Waals surface area contributed by atoms with E-state index in [9.17, 15) is 14.9 Å². The minimum Gasteiger partial charge on any atom is -0.411 e. The summed E-state index contributed by atoms with van der Waals surface area (Å²) in [4.78, 5) is 23.8. The van der Waals surface area contributed by atoms with E-state index < -0.39 is 4.92 Å². The van der Waals surface area contributed by atoms with Crippen molar-refractivity contribution < 1.29 is 14.1 Å². The zero-order chi connectivity index (χ0) is 21.4. The summed E-state index contributed by atoms with van der Waals surface area (Å²) in [7, 11) is 0. The first-order valence-electron chi connectivity index (χ1n) is 9.35. The Morgan fingerprint density at radius 1 is 0.935 bits per heavy atom. The fraction of sp³-hybridized carbons (Fsp3) is 0.0455. The molecule has 0 bridgehead atoms. The largest absolute Gasteiger partial charge is 0.411 e. The number of fused-ring (bicyclic) bond motifs is 3. The van der Waals surface area contributed by atoms with Gasteiger partial charge in [0.05, 0.1) is 21.7 Å². The lowest BCUT2D eigenvalue weighted by molar-refractivity contribution is -0.384. The number of para-hydroxylation sites is 3. The van der Waals surface area contributed by atoms with E-state index in [0.717, 1.165) is 33.6 Å². The minimum atomic E-state index is -0.502. The number of nitrogens with zero attached hydrogens (tertiary/aromatic N) is 4. The van der Waals surface area contributed by atoms with E-state index in [1.54, 1.807) is 22.8 Å². The molecule has 3 aromatic carbocycles. The van der Waals surface area contributed by atoms with Gasteiger partial charge < -0.3 is 4.42 Å². The third kappa shape index (κ3) is 3.34. The average molecular weight is 430 g/mol. The van der Waals surface area contributed by atoms with Crippen LogP contribution in [-0.4, -0.2) is 31.3 Å². The van der Waals surface area contributed by atoms with Gasteiger partial charge in [0.25, 0.3) is 16.8 Å². The van der Waals surface area contributed by atoms with E-state index in [4.69, 9.17) is 4.42 Å². The van der Waals surface area contributed by atoms with Gasteiger partial charge in [0.2, 0.25) is 5.91 Å². The summed E-state index contributed by atoms with van der Waals surface area (Å²) in [6.45, 7) is 0. The fourth-order valence-electron chi connectivity index (χ4n) is 3.57. The van der Waals surface area contributed by atoms with Crippen molar-refractivity contribution in [3.05, 3.63) is 82.9 Å². The van der Waals surface area contributed by atoms with Crippen molar-refractivity contribution in [1.29, 1.82) is 0 Å². The second-order valence-corrected chi connectivity index (χ2v) is 7.63. The second-order valence-electron chi connectivity index (χ2n) is 6.70. The molecule has 2 aromatic heterocycles. The topological polar surface area (TPSA) is 104 Å². The summed E-state index contributed by atoms with van der Waals surface area (Å²) in [5, 5.41) is 21.3. The molecule has 0 aliphatic rings. The molecule has 0 aliphatic heterocycles. The summed E-state index contributed by atoms with van der Waals surface area (Å²) in [6, 6.07) is 21.6. The molecule has 0 N–H and O–H groups in total. The van der Waals surface area contributed by atoms with Crippen molar-refractivity contribution in [3.8, 4) is 11.5 Å². The Bertz CT molecular complexity index is 1400. The van der Waals surface area contributed by atoms with Crippen LogP contribution in [0.1, 0.15) is 4.79 Å². The Morgan fingerprint density at radius 2 is 1.55 bits per heavy atom. The van der Waals surface area contributed by atoms with Gasteiger partial charge in [-0.3, -0.25) is 19.5 Å². The standard InChI is InChI=1S/C22H14N4O4S/c27-20(25-17-10-4-1-7-14(17)15-8-2-5-11-18(15)25)13-31-22-24-23-21(30-22)16-9-3-6-12-19(16)26(28)29/h1-12H,13H2. The molecule has 0 radical (unpaired) electrons. The van der Waals surface area contributed by atoms with Gasteiger partial charge in [-0.2, -0.15) is 0 Å². The van der Waals surface area contributed by atoms with Crippen LogP contribution in [-0.2, 0) is 0 Å². The fourth-order valence-corrected chi connectivity index (χ4v) is 4.18. The highest BCUT2D eigenvalue weighted by molar-refractivity contribution is 7.99. The van der Waals surface area contributed by atoms with Crippen LogP contribution in [0.25, 0.3) is 33.3 Å². The molecule has 5 rings (SSSR count). The van der Waals surface area contributed by atoms with Crippen LogP contribution in [0.3, 0.4) is 0 Å². The van der Waals surface area contributed by atoms with Crippen molar-refractivity contribution in [2.24, 2.45) is 0 Å². The van der Waals surface area contributed by atoms with Crippen LogP contribution in [0.2, 0.25) is 0 Å². The number of nitro benzene ring substituents is 1. The Balaban J connectivity index is 1.42. The molecule has 5 aromatic rings. The molecule has 0 atom stereocenters. The number of thioether (sulfide) groups is 1. The quantitative estimate of drug-likeness (QED) is 0.215. The summed E-state index contributed by atoms with van der Waals surface area (Å²) >= 11 is 1.09. The molecule has 152 valence electrons. The molecule has 0 saturated heterocycles. The average Bonchev–Trinajstić information content (AvgIpc) is 3.40. The number of aromatic nitrogens is 3. The van der Waals surface area contributed by atoms with Gasteiger partial charge in [-0.25, -0.2) is 0 Å². The van der Waals surface area contributed by atoms with Crippen molar-refractivity contribution in [2.75, 3.05) is 5.75 Å². The first kappa shape index (κ1) is 19.0. The minimum absolute atomic E-state index is 0.0408. The number of carbonyl (C=O) groups excluding carboxylic acids is 1. The maximum atomic E-state index is 13.1. The first-order valence-corrected chi connectivity index (χ1v) is 10.3. The van der Waals surface area contributed by atoms with E-state index >= 15 is 0 Å². The van der Waals surface area contributed by atoms with Crippen LogP contribution in [0.4, 0.5) is 5.69 Å². The Morgan fingerprint density at radius 3 is 2.23 bits per heavy atom. The number of benzene rings is 3. The third-order valence-corrected chi connectivity index (χ3v) is 5.69. The Kier molecular flexibility index (Phi) is 4.72. The van der Waals surface area contributed by atoms with Crippen LogP contribution >= 0.6 is 11.8 Å². The number of carbonyl (C=O) groups is 1. The summed E-state index contributed by atoms with van der Waals surface area (Å²) in [5.41, 5.74) is 1.78. The number of nitro groups is 1. The number of rotatable bonds is 5. The van der Waals surface area contributed by atoms with Crippen LogP contribution < -0.4 is 0 Å². The molecule has 31 heavy (non-hydrogen) atoms. The van der Waals surface area contributed by atoms with E-state index in [2.05, 4.69) is 10.2 Å². The van der Waals surface area contributed by atoms with Gasteiger partial charge in [-0.05, 0) is 18.2 Å². The van der Waals surface area contributed by atoms with Gasteiger partial charge in [0.1, 0.15) is 5.56 Å². The van der Waals surface area contributed by atoms with Crippen molar-refractivity contribution in [1.82, 2.24) is 14.8 Å². The predicted octanol–water partition coefficient (Wildman–Crippen LogP) is 5.19. The molecule has 9 heteroatoms. The molecule has 0 fully saturated rings. The Hall–Kier alpha value is -3.98. The highest BCUT2D eigenvalue weighted by Crippen LogP contribution is 2.32. The van der Waals surface area contributed by atoms with Crippen molar-refractivity contribution in [3.63, 3.8) is 0 Å². The second kappa shape index (κ2) is 7.69. The highest BCUT2D eigenvalue weighted by Gasteiger charge is 2.21. The highest BCUT2D eigenvalue weighted by atomic mass is 32.2. The van der Waals surface area contributed by atoms with E-state index in [1.807, 2.05) is 48.5 Å². The zero-order valence-electron chi connectivity index (χ0n) is 16.0. The molecule has 0 saturated carbocycles. The maximum Gasteiger partial charge on any atom is 0.282 e. The van der Waals surface area contributed by atoms with Gasteiger partial charge >= 0.3 is 0 Å². The van der Waals surface area contributed by atoms with Gasteiger partial charge in [-0.1, -0.05) is 60.3 Å². The summed E-state index contributed by atoms with van der Waals surface area (Å²) in [6.07, 6.45) is 0. The van der Waals surface area contributed by atoms with Gasteiger partial charge in [-0.15, -0.1) is 10.2 Å².